The molecule has 0 saturated heterocycles. The molecule has 2 aromatic carbocycles. The third-order valence-electron chi connectivity index (χ3n) is 3.75. The highest BCUT2D eigenvalue weighted by Crippen LogP contribution is 2.24. The highest BCUT2D eigenvalue weighted by Gasteiger charge is 2.14. The molecule has 5 heteroatoms. The molecular weight excluding hydrogens is 309 g/mol. The van der Waals surface area contributed by atoms with E-state index in [0.717, 1.165) is 23.3 Å². The molecule has 1 atom stereocenters. The molecule has 4 nitrogen and oxygen atoms in total. The molecule has 0 fully saturated rings. The van der Waals surface area contributed by atoms with E-state index in [4.69, 9.17) is 9.47 Å². The van der Waals surface area contributed by atoms with Gasteiger partial charge < -0.3 is 14.8 Å². The number of amides is 1. The lowest BCUT2D eigenvalue weighted by molar-refractivity contribution is -0.123. The quantitative estimate of drug-likeness (QED) is 0.840. The number of carbonyl (C=O) groups is 1. The predicted octanol–water partition coefficient (Wildman–Crippen LogP) is 3.79. The number of rotatable bonds is 7. The van der Waals surface area contributed by atoms with Crippen molar-refractivity contribution in [3.05, 3.63) is 59.4 Å². The van der Waals surface area contributed by atoms with Gasteiger partial charge in [-0.25, -0.2) is 4.39 Å². The van der Waals surface area contributed by atoms with E-state index < -0.39 is 0 Å². The van der Waals surface area contributed by atoms with Gasteiger partial charge in [0.1, 0.15) is 17.3 Å². The minimum Gasteiger partial charge on any atom is -0.496 e. The second-order valence-corrected chi connectivity index (χ2v) is 5.50. The van der Waals surface area contributed by atoms with E-state index in [2.05, 4.69) is 5.32 Å². The van der Waals surface area contributed by atoms with Gasteiger partial charge in [-0.1, -0.05) is 19.1 Å². The minimum absolute atomic E-state index is 0.0982. The monoisotopic (exact) mass is 331 g/mol. The molecule has 1 N–H and O–H groups in total. The zero-order chi connectivity index (χ0) is 17.5. The fraction of sp³-hybridized carbons (Fsp3) is 0.316. The van der Waals surface area contributed by atoms with E-state index in [1.165, 1.54) is 24.3 Å². The average molecular weight is 331 g/mol. The van der Waals surface area contributed by atoms with E-state index >= 15 is 0 Å². The van der Waals surface area contributed by atoms with Gasteiger partial charge in [-0.05, 0) is 54.8 Å². The molecule has 0 aromatic heterocycles. The van der Waals surface area contributed by atoms with Crippen LogP contribution in [-0.4, -0.2) is 19.6 Å². The van der Waals surface area contributed by atoms with Crippen LogP contribution in [0, 0.1) is 12.7 Å². The largest absolute Gasteiger partial charge is 0.496 e. The van der Waals surface area contributed by atoms with Crippen molar-refractivity contribution in [3.8, 4) is 11.5 Å². The fourth-order valence-corrected chi connectivity index (χ4v) is 2.46. The van der Waals surface area contributed by atoms with E-state index in [1.54, 1.807) is 7.11 Å². The number of hydrogen-bond acceptors (Lipinski definition) is 3. The molecule has 0 aliphatic carbocycles. The Morgan fingerprint density at radius 3 is 2.50 bits per heavy atom. The Kier molecular flexibility index (Phi) is 6.18. The Labute approximate surface area is 141 Å². The molecule has 0 aliphatic heterocycles. The Hall–Kier alpha value is -2.56. The molecule has 24 heavy (non-hydrogen) atoms. The SMILES string of the molecule is CC[C@H](NC(=O)COc1ccc(F)cc1)c1ccc(OC)c(C)c1. The summed E-state index contributed by atoms with van der Waals surface area (Å²) in [5.74, 6) is 0.715. The molecule has 2 aromatic rings. The van der Waals surface area contributed by atoms with Crippen LogP contribution in [0.2, 0.25) is 0 Å². The van der Waals surface area contributed by atoms with Crippen molar-refractivity contribution in [3.63, 3.8) is 0 Å². The summed E-state index contributed by atoms with van der Waals surface area (Å²) >= 11 is 0. The highest BCUT2D eigenvalue weighted by molar-refractivity contribution is 5.78. The average Bonchev–Trinajstić information content (AvgIpc) is 2.59. The summed E-state index contributed by atoms with van der Waals surface area (Å²) < 4.78 is 23.5. The minimum atomic E-state index is -0.340. The van der Waals surface area contributed by atoms with Crippen LogP contribution in [0.3, 0.4) is 0 Å². The molecule has 0 spiro atoms. The van der Waals surface area contributed by atoms with Gasteiger partial charge in [0.15, 0.2) is 6.61 Å². The summed E-state index contributed by atoms with van der Waals surface area (Å²) in [4.78, 5) is 12.1. The number of halogens is 1. The standard InChI is InChI=1S/C19H22FNO3/c1-4-17(14-5-10-18(23-3)13(2)11-14)21-19(22)12-24-16-8-6-15(20)7-9-16/h5-11,17H,4,12H2,1-3H3,(H,21,22)/t17-/m0/s1. The molecule has 0 heterocycles. The van der Waals surface area contributed by atoms with Crippen LogP contribution in [0.4, 0.5) is 4.39 Å². The van der Waals surface area contributed by atoms with Crippen molar-refractivity contribution in [2.45, 2.75) is 26.3 Å². The number of methoxy groups -OCH3 is 1. The summed E-state index contributed by atoms with van der Waals surface area (Å²) in [5, 5.41) is 2.95. The Morgan fingerprint density at radius 1 is 1.21 bits per heavy atom. The Bertz CT molecular complexity index is 686. The lowest BCUT2D eigenvalue weighted by Crippen LogP contribution is -2.32. The van der Waals surface area contributed by atoms with Gasteiger partial charge in [0.2, 0.25) is 0 Å². The van der Waals surface area contributed by atoms with Gasteiger partial charge in [-0.2, -0.15) is 0 Å². The third-order valence-corrected chi connectivity index (χ3v) is 3.75. The van der Waals surface area contributed by atoms with Gasteiger partial charge in [-0.3, -0.25) is 4.79 Å². The van der Waals surface area contributed by atoms with Crippen molar-refractivity contribution in [1.82, 2.24) is 5.32 Å². The Morgan fingerprint density at radius 2 is 1.92 bits per heavy atom. The molecule has 0 aliphatic rings. The van der Waals surface area contributed by atoms with Crippen molar-refractivity contribution in [1.29, 1.82) is 0 Å². The maximum absolute atomic E-state index is 12.8. The number of nitrogens with one attached hydrogen (secondary N) is 1. The van der Waals surface area contributed by atoms with Gasteiger partial charge in [0.05, 0.1) is 13.2 Å². The van der Waals surface area contributed by atoms with Crippen LogP contribution in [-0.2, 0) is 4.79 Å². The van der Waals surface area contributed by atoms with Crippen LogP contribution in [0.1, 0.15) is 30.5 Å². The van der Waals surface area contributed by atoms with Gasteiger partial charge in [0, 0.05) is 0 Å². The summed E-state index contributed by atoms with van der Waals surface area (Å²) in [7, 11) is 1.63. The summed E-state index contributed by atoms with van der Waals surface area (Å²) in [6.07, 6.45) is 0.758. The number of carbonyl (C=O) groups excluding carboxylic acids is 1. The summed E-state index contributed by atoms with van der Waals surface area (Å²) in [6, 6.07) is 11.3. The molecule has 2 rings (SSSR count). The zero-order valence-corrected chi connectivity index (χ0v) is 14.1. The second-order valence-electron chi connectivity index (χ2n) is 5.50. The normalized spacial score (nSPS) is 11.7. The topological polar surface area (TPSA) is 47.6 Å². The smallest absolute Gasteiger partial charge is 0.258 e. The first-order valence-electron chi connectivity index (χ1n) is 7.85. The zero-order valence-electron chi connectivity index (χ0n) is 14.1. The molecule has 0 bridgehead atoms. The molecule has 0 unspecified atom stereocenters. The molecule has 1 amide bonds. The van der Waals surface area contributed by atoms with Crippen LogP contribution < -0.4 is 14.8 Å². The first-order valence-corrected chi connectivity index (χ1v) is 7.85. The maximum atomic E-state index is 12.8. The van der Waals surface area contributed by atoms with Crippen molar-refractivity contribution in [2.75, 3.05) is 13.7 Å². The van der Waals surface area contributed by atoms with Crippen LogP contribution in [0.25, 0.3) is 0 Å². The van der Waals surface area contributed by atoms with Crippen molar-refractivity contribution in [2.24, 2.45) is 0 Å². The summed E-state index contributed by atoms with van der Waals surface area (Å²) in [6.45, 7) is 3.86. The van der Waals surface area contributed by atoms with E-state index in [0.29, 0.717) is 5.75 Å². The fourth-order valence-electron chi connectivity index (χ4n) is 2.46. The van der Waals surface area contributed by atoms with Gasteiger partial charge in [-0.15, -0.1) is 0 Å². The van der Waals surface area contributed by atoms with E-state index in [9.17, 15) is 9.18 Å². The summed E-state index contributed by atoms with van der Waals surface area (Å²) in [5.41, 5.74) is 2.04. The van der Waals surface area contributed by atoms with Crippen LogP contribution in [0.15, 0.2) is 42.5 Å². The molecule has 0 radical (unpaired) electrons. The predicted molar refractivity (Wildman–Crippen MR) is 90.8 cm³/mol. The molecule has 128 valence electrons. The van der Waals surface area contributed by atoms with Crippen LogP contribution >= 0.6 is 0 Å². The van der Waals surface area contributed by atoms with Crippen LogP contribution in [0.5, 0.6) is 11.5 Å². The highest BCUT2D eigenvalue weighted by atomic mass is 19.1. The Balaban J connectivity index is 1.95. The first-order chi connectivity index (χ1) is 11.5. The lowest BCUT2D eigenvalue weighted by Gasteiger charge is -2.19. The first kappa shape index (κ1) is 17.8. The number of hydrogen-bond donors (Lipinski definition) is 1. The lowest BCUT2D eigenvalue weighted by atomic mass is 10.0. The second kappa shape index (κ2) is 8.34. The van der Waals surface area contributed by atoms with Gasteiger partial charge in [0.25, 0.3) is 5.91 Å². The van der Waals surface area contributed by atoms with Crippen molar-refractivity contribution < 1.29 is 18.7 Å². The van der Waals surface area contributed by atoms with Gasteiger partial charge >= 0.3 is 0 Å². The molecular formula is C19H22FNO3. The molecule has 0 saturated carbocycles. The number of aryl methyl sites for hydroxylation is 1. The number of benzene rings is 2. The maximum Gasteiger partial charge on any atom is 0.258 e. The van der Waals surface area contributed by atoms with Crippen molar-refractivity contribution >= 4 is 5.91 Å². The third kappa shape index (κ3) is 4.72. The van der Waals surface area contributed by atoms with E-state index in [1.807, 2.05) is 32.0 Å². The van der Waals surface area contributed by atoms with E-state index in [-0.39, 0.29) is 24.4 Å². The number of ether oxygens (including phenoxy) is 2.